The molecule has 0 fully saturated rings. The number of H-pyrrole nitrogens is 1. The number of nitrogens with one attached hydrogen (secondary N) is 1. The van der Waals surface area contributed by atoms with Crippen LogP contribution in [-0.2, 0) is 19.8 Å². The van der Waals surface area contributed by atoms with E-state index in [0.717, 1.165) is 0 Å². The number of hydrogen-bond donors (Lipinski definition) is 1. The zero-order valence-corrected chi connectivity index (χ0v) is 7.78. The molecule has 1 radical (unpaired) electrons. The number of benzene rings is 1. The van der Waals surface area contributed by atoms with Gasteiger partial charge in [-0.15, -0.1) is 11.5 Å². The molecule has 1 aromatic heterocycles. The van der Waals surface area contributed by atoms with Crippen molar-refractivity contribution in [1.29, 1.82) is 0 Å². The van der Waals surface area contributed by atoms with Crippen molar-refractivity contribution in [2.45, 2.75) is 0 Å². The first kappa shape index (κ1) is 7.50. The van der Waals surface area contributed by atoms with Crippen molar-refractivity contribution in [1.82, 2.24) is 4.98 Å². The fraction of sp³-hybridized carbons (Fsp3) is 0. The van der Waals surface area contributed by atoms with Crippen LogP contribution in [0.1, 0.15) is 0 Å². The second-order valence-corrected chi connectivity index (χ2v) is 1.99. The van der Waals surface area contributed by atoms with E-state index in [1.165, 1.54) is 10.9 Å². The molecule has 0 atom stereocenters. The van der Waals surface area contributed by atoms with Crippen LogP contribution in [0.15, 0.2) is 30.5 Å². The van der Waals surface area contributed by atoms with Gasteiger partial charge in [0, 0.05) is 0 Å². The van der Waals surface area contributed by atoms with Gasteiger partial charge in [-0.2, -0.15) is 18.2 Å². The third kappa shape index (κ3) is 1.13. The predicted molar refractivity (Wildman–Crippen MR) is 37.1 cm³/mol. The second kappa shape index (κ2) is 2.99. The number of aromatic amines is 1. The fourth-order valence-electron chi connectivity index (χ4n) is 0.934. The molecule has 1 heterocycles. The summed E-state index contributed by atoms with van der Waals surface area (Å²) in [4.78, 5) is 3.10. The van der Waals surface area contributed by atoms with Crippen LogP contribution >= 0.6 is 0 Å². The molecule has 1 nitrogen and oxygen atoms in total. The Labute approximate surface area is 72.5 Å². The van der Waals surface area contributed by atoms with Crippen molar-refractivity contribution >= 4 is 10.9 Å². The van der Waals surface area contributed by atoms with Gasteiger partial charge in [0.1, 0.15) is 0 Å². The van der Waals surface area contributed by atoms with Gasteiger partial charge < -0.3 is 4.98 Å². The summed E-state index contributed by atoms with van der Waals surface area (Å²) < 4.78 is 0. The van der Waals surface area contributed by atoms with Crippen molar-refractivity contribution in [2.24, 2.45) is 0 Å². The van der Waals surface area contributed by atoms with Gasteiger partial charge in [-0.1, -0.05) is 11.6 Å². The van der Waals surface area contributed by atoms with Crippen LogP contribution in [0, 0.1) is 6.07 Å². The van der Waals surface area contributed by atoms with Gasteiger partial charge in [-0.3, -0.25) is 0 Å². The molecule has 0 spiro atoms. The van der Waals surface area contributed by atoms with Crippen molar-refractivity contribution in [2.75, 3.05) is 0 Å². The topological polar surface area (TPSA) is 15.8 Å². The molecule has 0 aliphatic heterocycles. The Morgan fingerprint density at radius 1 is 1.30 bits per heavy atom. The minimum Gasteiger partial charge on any atom is -0.384 e. The molecule has 0 unspecified atom stereocenters. The summed E-state index contributed by atoms with van der Waals surface area (Å²) in [5.74, 6) is 0. The van der Waals surface area contributed by atoms with Gasteiger partial charge in [0.2, 0.25) is 0 Å². The Morgan fingerprint density at radius 3 is 3.00 bits per heavy atom. The summed E-state index contributed by atoms with van der Waals surface area (Å²) in [6.45, 7) is 0. The van der Waals surface area contributed by atoms with Gasteiger partial charge >= 0.3 is 19.8 Å². The average molecular weight is 306 g/mol. The third-order valence-corrected chi connectivity index (χ3v) is 1.40. The molecule has 1 aromatic carbocycles. The summed E-state index contributed by atoms with van der Waals surface area (Å²) in [7, 11) is 0. The number of aromatic nitrogens is 1. The maximum Gasteiger partial charge on any atom is 1.00 e. The summed E-state index contributed by atoms with van der Waals surface area (Å²) >= 11 is 0. The quantitative estimate of drug-likeness (QED) is 0.716. The third-order valence-electron chi connectivity index (χ3n) is 1.40. The standard InChI is InChI=1S/C8H6N.Os/c1-2-4-8-7(3-1)5-6-9-8;/h2-6,9H;/q-1;+1. The molecule has 0 bridgehead atoms. The summed E-state index contributed by atoms with van der Waals surface area (Å²) in [6, 6.07) is 10.9. The van der Waals surface area contributed by atoms with E-state index in [1.54, 1.807) is 0 Å². The van der Waals surface area contributed by atoms with Crippen molar-refractivity contribution in [3.63, 3.8) is 0 Å². The van der Waals surface area contributed by atoms with E-state index in [-0.39, 0.29) is 19.8 Å². The molecule has 2 aromatic rings. The van der Waals surface area contributed by atoms with Crippen LogP contribution < -0.4 is 0 Å². The smallest absolute Gasteiger partial charge is 0.384 e. The van der Waals surface area contributed by atoms with Gasteiger partial charge in [-0.05, 0) is 6.20 Å². The molecule has 0 aliphatic carbocycles. The van der Waals surface area contributed by atoms with E-state index >= 15 is 0 Å². The van der Waals surface area contributed by atoms with E-state index < -0.39 is 0 Å². The van der Waals surface area contributed by atoms with Crippen molar-refractivity contribution in [3.8, 4) is 0 Å². The molecule has 0 aliphatic rings. The first-order valence-electron chi connectivity index (χ1n) is 2.90. The molecular weight excluding hydrogens is 300 g/mol. The molecule has 2 rings (SSSR count). The Balaban J connectivity index is 0.000000500. The van der Waals surface area contributed by atoms with Crippen LogP contribution in [0.5, 0.6) is 0 Å². The molecule has 0 saturated heterocycles. The van der Waals surface area contributed by atoms with Crippen LogP contribution in [0.4, 0.5) is 0 Å². The zero-order chi connectivity index (χ0) is 6.10. The molecule has 10 heavy (non-hydrogen) atoms. The molecule has 1 N–H and O–H groups in total. The summed E-state index contributed by atoms with van der Waals surface area (Å²) in [5, 5.41) is 1.22. The number of rotatable bonds is 0. The normalized spacial score (nSPS) is 9.20. The fourth-order valence-corrected chi connectivity index (χ4v) is 0.934. The van der Waals surface area contributed by atoms with Crippen LogP contribution in [-0.4, -0.2) is 4.98 Å². The zero-order valence-electron chi connectivity index (χ0n) is 5.24. The summed E-state index contributed by atoms with van der Waals surface area (Å²) in [5.41, 5.74) is 1.17. The average Bonchev–Trinajstić information content (AvgIpc) is 2.33. The Bertz CT molecular complexity index is 283. The predicted octanol–water partition coefficient (Wildman–Crippen LogP) is 1.97. The van der Waals surface area contributed by atoms with E-state index in [2.05, 4.69) is 11.1 Å². The van der Waals surface area contributed by atoms with E-state index in [4.69, 9.17) is 0 Å². The van der Waals surface area contributed by atoms with Gasteiger partial charge in [0.05, 0.1) is 0 Å². The molecule has 2 heteroatoms. The van der Waals surface area contributed by atoms with Crippen molar-refractivity contribution in [3.05, 3.63) is 36.5 Å². The van der Waals surface area contributed by atoms with Crippen LogP contribution in [0.2, 0.25) is 0 Å². The number of hydrogen-bond acceptors (Lipinski definition) is 0. The van der Waals surface area contributed by atoms with E-state index in [1.807, 2.05) is 30.5 Å². The van der Waals surface area contributed by atoms with Crippen LogP contribution in [0.25, 0.3) is 10.9 Å². The summed E-state index contributed by atoms with van der Waals surface area (Å²) in [6.07, 6.45) is 1.93. The van der Waals surface area contributed by atoms with Crippen molar-refractivity contribution < 1.29 is 19.8 Å². The monoisotopic (exact) mass is 308 g/mol. The Kier molecular flexibility index (Phi) is 2.24. The Hall–Kier alpha value is -0.604. The number of fused-ring (bicyclic) bond motifs is 1. The maximum atomic E-state index is 3.10. The van der Waals surface area contributed by atoms with E-state index in [9.17, 15) is 0 Å². The van der Waals surface area contributed by atoms with Gasteiger partial charge in [0.25, 0.3) is 0 Å². The largest absolute Gasteiger partial charge is 1.00 e. The minimum absolute atomic E-state index is 0. The molecule has 51 valence electrons. The first-order chi connectivity index (χ1) is 4.47. The minimum atomic E-state index is 0. The molecular formula is C8H6NOs. The van der Waals surface area contributed by atoms with Gasteiger partial charge in [-0.25, -0.2) is 0 Å². The van der Waals surface area contributed by atoms with E-state index in [0.29, 0.717) is 0 Å². The SMILES string of the molecule is [Os+].[c-]1ccc2[nH]ccc2c1. The van der Waals surface area contributed by atoms with Crippen LogP contribution in [0.3, 0.4) is 0 Å². The Morgan fingerprint density at radius 2 is 2.20 bits per heavy atom. The molecule has 0 amide bonds. The van der Waals surface area contributed by atoms with Gasteiger partial charge in [0.15, 0.2) is 0 Å². The molecule has 0 saturated carbocycles. The first-order valence-corrected chi connectivity index (χ1v) is 2.90. The maximum absolute atomic E-state index is 3.10. The second-order valence-electron chi connectivity index (χ2n) is 1.99.